The van der Waals surface area contributed by atoms with Crippen LogP contribution in [0.5, 0.6) is 0 Å². The van der Waals surface area contributed by atoms with Gasteiger partial charge in [0, 0.05) is 7.05 Å². The summed E-state index contributed by atoms with van der Waals surface area (Å²) in [7, 11) is -1.87. The van der Waals surface area contributed by atoms with E-state index >= 15 is 0 Å². The zero-order chi connectivity index (χ0) is 17.5. The minimum atomic E-state index is -3.71. The average Bonchev–Trinajstić information content (AvgIpc) is 2.82. The van der Waals surface area contributed by atoms with Gasteiger partial charge in [0.25, 0.3) is 10.0 Å². The normalized spacial score (nSPS) is 13.1. The van der Waals surface area contributed by atoms with Crippen molar-refractivity contribution in [2.75, 3.05) is 0 Å². The molecule has 0 aliphatic rings. The van der Waals surface area contributed by atoms with Crippen LogP contribution in [-0.4, -0.2) is 13.0 Å². The number of aryl methyl sites for hydroxylation is 2. The molecule has 126 valence electrons. The molecule has 0 fully saturated rings. The first-order valence-electron chi connectivity index (χ1n) is 7.75. The first kappa shape index (κ1) is 16.9. The quantitative estimate of drug-likeness (QED) is 0.710. The Morgan fingerprint density at radius 1 is 1.08 bits per heavy atom. The third kappa shape index (κ3) is 3.16. The van der Waals surface area contributed by atoms with Crippen molar-refractivity contribution < 1.29 is 8.42 Å². The summed E-state index contributed by atoms with van der Waals surface area (Å²) in [5.74, 6) is 0.429. The zero-order valence-corrected chi connectivity index (χ0v) is 15.8. The van der Waals surface area contributed by atoms with Gasteiger partial charge in [-0.3, -0.25) is 0 Å². The highest BCUT2D eigenvalue weighted by Crippen LogP contribution is 2.23. The molecule has 0 aliphatic carbocycles. The van der Waals surface area contributed by atoms with E-state index in [0.29, 0.717) is 10.7 Å². The van der Waals surface area contributed by atoms with E-state index in [4.69, 9.17) is 0 Å². The Labute approximate surface area is 146 Å². The molecule has 0 bridgehead atoms. The highest BCUT2D eigenvalue weighted by atomic mass is 32.2. The molecule has 0 radical (unpaired) electrons. The van der Waals surface area contributed by atoms with Crippen LogP contribution in [0.1, 0.15) is 30.9 Å². The first-order chi connectivity index (χ1) is 11.3. The second kappa shape index (κ2) is 6.18. The number of fused-ring (bicyclic) bond motifs is 1. The molecule has 1 heterocycles. The number of hydrogen-bond donors (Lipinski definition) is 0. The lowest BCUT2D eigenvalue weighted by Crippen LogP contribution is -2.13. The van der Waals surface area contributed by atoms with Crippen LogP contribution in [0, 0.1) is 6.92 Å². The van der Waals surface area contributed by atoms with Gasteiger partial charge < -0.3 is 4.57 Å². The maximum atomic E-state index is 12.5. The number of sulfonamides is 1. The van der Waals surface area contributed by atoms with E-state index in [1.807, 2.05) is 24.6 Å². The Morgan fingerprint density at radius 3 is 2.38 bits per heavy atom. The van der Waals surface area contributed by atoms with Gasteiger partial charge in [0.15, 0.2) is 0 Å². The van der Waals surface area contributed by atoms with Gasteiger partial charge in [0.1, 0.15) is 0 Å². The summed E-state index contributed by atoms with van der Waals surface area (Å²) in [6.07, 6.45) is 0. The molecule has 0 saturated carbocycles. The SMILES string of the molecule is Cc1ccc(S(=O)(=O)/N=c2\sc3cc(C(C)C)ccc3n2C)cc1. The molecule has 3 rings (SSSR count). The Morgan fingerprint density at radius 2 is 1.75 bits per heavy atom. The van der Waals surface area contributed by atoms with Gasteiger partial charge in [-0.15, -0.1) is 4.40 Å². The summed E-state index contributed by atoms with van der Waals surface area (Å²) in [5.41, 5.74) is 3.24. The van der Waals surface area contributed by atoms with Gasteiger partial charge in [-0.2, -0.15) is 8.42 Å². The molecule has 0 amide bonds. The smallest absolute Gasteiger partial charge is 0.285 e. The van der Waals surface area contributed by atoms with Crippen LogP contribution in [0.4, 0.5) is 0 Å². The van der Waals surface area contributed by atoms with Gasteiger partial charge in [-0.1, -0.05) is 48.9 Å². The largest absolute Gasteiger partial charge is 0.319 e. The molecule has 6 heteroatoms. The van der Waals surface area contributed by atoms with E-state index < -0.39 is 10.0 Å². The van der Waals surface area contributed by atoms with Crippen LogP contribution in [-0.2, 0) is 17.1 Å². The minimum Gasteiger partial charge on any atom is -0.319 e. The zero-order valence-electron chi connectivity index (χ0n) is 14.1. The van der Waals surface area contributed by atoms with E-state index in [2.05, 4.69) is 30.4 Å². The molecule has 4 nitrogen and oxygen atoms in total. The molecule has 0 N–H and O–H groups in total. The summed E-state index contributed by atoms with van der Waals surface area (Å²) in [4.78, 5) is 0.694. The summed E-state index contributed by atoms with van der Waals surface area (Å²) >= 11 is 1.40. The average molecular weight is 361 g/mol. The van der Waals surface area contributed by atoms with Crippen LogP contribution in [0.15, 0.2) is 51.8 Å². The van der Waals surface area contributed by atoms with E-state index in [1.54, 1.807) is 24.3 Å². The van der Waals surface area contributed by atoms with Crippen molar-refractivity contribution in [1.82, 2.24) is 4.57 Å². The molecule has 0 aliphatic heterocycles. The number of aromatic nitrogens is 1. The van der Waals surface area contributed by atoms with Gasteiger partial charge in [-0.25, -0.2) is 0 Å². The van der Waals surface area contributed by atoms with Crippen molar-refractivity contribution in [2.45, 2.75) is 31.6 Å². The summed E-state index contributed by atoms with van der Waals surface area (Å²) in [6, 6.07) is 13.0. The monoisotopic (exact) mass is 360 g/mol. The molecular formula is C18H20N2O2S2. The third-order valence-electron chi connectivity index (χ3n) is 4.02. The first-order valence-corrected chi connectivity index (χ1v) is 10.0. The topological polar surface area (TPSA) is 51.4 Å². The van der Waals surface area contributed by atoms with Crippen LogP contribution < -0.4 is 4.80 Å². The van der Waals surface area contributed by atoms with E-state index in [0.717, 1.165) is 15.8 Å². The van der Waals surface area contributed by atoms with Crippen molar-refractivity contribution >= 4 is 31.6 Å². The fraction of sp³-hybridized carbons (Fsp3) is 0.278. The summed E-state index contributed by atoms with van der Waals surface area (Å²) in [5, 5.41) is 0. The van der Waals surface area contributed by atoms with Crippen LogP contribution in [0.2, 0.25) is 0 Å². The number of hydrogen-bond acceptors (Lipinski definition) is 3. The lowest BCUT2D eigenvalue weighted by Gasteiger charge is -2.04. The van der Waals surface area contributed by atoms with Gasteiger partial charge in [-0.05, 0) is 42.7 Å². The van der Waals surface area contributed by atoms with E-state index in [9.17, 15) is 8.42 Å². The number of rotatable bonds is 3. The predicted molar refractivity (Wildman–Crippen MR) is 98.8 cm³/mol. The van der Waals surface area contributed by atoms with Crippen molar-refractivity contribution in [3.8, 4) is 0 Å². The Kier molecular flexibility index (Phi) is 4.36. The molecule has 24 heavy (non-hydrogen) atoms. The fourth-order valence-corrected chi connectivity index (χ4v) is 4.76. The molecule has 1 aromatic heterocycles. The highest BCUT2D eigenvalue weighted by Gasteiger charge is 2.14. The minimum absolute atomic E-state index is 0.216. The Hall–Kier alpha value is -1.92. The van der Waals surface area contributed by atoms with Crippen molar-refractivity contribution in [1.29, 1.82) is 0 Å². The molecule has 0 spiro atoms. The van der Waals surface area contributed by atoms with E-state index in [1.165, 1.54) is 16.9 Å². The fourth-order valence-electron chi connectivity index (χ4n) is 2.46. The Balaban J connectivity index is 2.16. The van der Waals surface area contributed by atoms with Gasteiger partial charge in [0.2, 0.25) is 4.80 Å². The molecule has 2 aromatic carbocycles. The summed E-state index contributed by atoms with van der Waals surface area (Å²) < 4.78 is 32.0. The molecule has 0 unspecified atom stereocenters. The number of nitrogens with zero attached hydrogens (tertiary/aromatic N) is 2. The maximum Gasteiger partial charge on any atom is 0.285 e. The number of thiazole rings is 1. The second-order valence-electron chi connectivity index (χ2n) is 6.20. The van der Waals surface area contributed by atoms with Crippen LogP contribution in [0.3, 0.4) is 0 Å². The van der Waals surface area contributed by atoms with E-state index in [-0.39, 0.29) is 4.90 Å². The molecule has 0 saturated heterocycles. The van der Waals surface area contributed by atoms with Crippen molar-refractivity contribution in [2.24, 2.45) is 11.4 Å². The highest BCUT2D eigenvalue weighted by molar-refractivity contribution is 7.90. The lowest BCUT2D eigenvalue weighted by atomic mass is 10.0. The van der Waals surface area contributed by atoms with Crippen molar-refractivity contribution in [3.63, 3.8) is 0 Å². The second-order valence-corrected chi connectivity index (χ2v) is 8.82. The Bertz CT molecular complexity index is 1060. The third-order valence-corrected chi connectivity index (χ3v) is 6.51. The standard InChI is InChI=1S/C18H20N2O2S2/c1-12(2)14-7-10-16-17(11-14)23-18(20(16)4)19-24(21,22)15-8-5-13(3)6-9-15/h5-12H,1-4H3/b19-18-. The van der Waals surface area contributed by atoms with Gasteiger partial charge >= 0.3 is 0 Å². The predicted octanol–water partition coefficient (Wildman–Crippen LogP) is 3.96. The van der Waals surface area contributed by atoms with Gasteiger partial charge in [0.05, 0.1) is 15.1 Å². The molecular weight excluding hydrogens is 340 g/mol. The van der Waals surface area contributed by atoms with Crippen LogP contribution in [0.25, 0.3) is 10.2 Å². The number of benzene rings is 2. The lowest BCUT2D eigenvalue weighted by molar-refractivity contribution is 0.596. The maximum absolute atomic E-state index is 12.5. The summed E-state index contributed by atoms with van der Waals surface area (Å²) in [6.45, 7) is 6.20. The molecule has 0 atom stereocenters. The van der Waals surface area contributed by atoms with Crippen LogP contribution >= 0.6 is 11.3 Å². The van der Waals surface area contributed by atoms with Crippen molar-refractivity contribution in [3.05, 3.63) is 58.4 Å². The molecule has 3 aromatic rings.